The Kier molecular flexibility index (Phi) is 7.36. The second kappa shape index (κ2) is 9.06. The van der Waals surface area contributed by atoms with Gasteiger partial charge in [0.1, 0.15) is 10.1 Å². The fraction of sp³-hybridized carbons (Fsp3) is 0. The molecule has 0 aliphatic heterocycles. The fourth-order valence-electron chi connectivity index (χ4n) is 3.69. The predicted molar refractivity (Wildman–Crippen MR) is 125 cm³/mol. The number of aromatic nitrogens is 2. The molecular formula is C20H11AlCl2N2O7S. The summed E-state index contributed by atoms with van der Waals surface area (Å²) in [6.45, 7) is 0. The van der Waals surface area contributed by atoms with Gasteiger partial charge in [0.15, 0.2) is 10.9 Å². The van der Waals surface area contributed by atoms with E-state index in [-0.39, 0.29) is 66.0 Å². The van der Waals surface area contributed by atoms with Gasteiger partial charge < -0.3 is 25.5 Å². The Morgan fingerprint density at radius 3 is 1.85 bits per heavy atom. The monoisotopic (exact) mass is 520 g/mol. The summed E-state index contributed by atoms with van der Waals surface area (Å²) < 4.78 is 35.2. The molecule has 2 heterocycles. The molecule has 0 fully saturated rings. The van der Waals surface area contributed by atoms with Crippen molar-refractivity contribution in [2.45, 2.75) is 4.90 Å². The van der Waals surface area contributed by atoms with Crippen molar-refractivity contribution in [1.82, 2.24) is 9.97 Å². The number of H-pyrrole nitrogens is 2. The van der Waals surface area contributed by atoms with Crippen LogP contribution < -0.4 is 10.9 Å². The number of rotatable bonds is 1. The van der Waals surface area contributed by atoms with Crippen molar-refractivity contribution in [3.63, 3.8) is 0 Å². The zero-order valence-corrected chi connectivity index (χ0v) is 19.7. The minimum Gasteiger partial charge on any atom is -0.870 e. The van der Waals surface area contributed by atoms with Crippen molar-refractivity contribution in [3.05, 3.63) is 73.0 Å². The second-order valence-electron chi connectivity index (χ2n) is 6.79. The van der Waals surface area contributed by atoms with Gasteiger partial charge in [0.05, 0.1) is 32.0 Å². The summed E-state index contributed by atoms with van der Waals surface area (Å²) >= 11 is 11.9. The minimum absolute atomic E-state index is 0. The molecule has 2 aromatic heterocycles. The molecule has 0 saturated heterocycles. The zero-order valence-electron chi connectivity index (χ0n) is 16.2. The Morgan fingerprint density at radius 2 is 1.24 bits per heavy atom. The maximum absolute atomic E-state index is 13.1. The van der Waals surface area contributed by atoms with Gasteiger partial charge in [0.2, 0.25) is 0 Å². The first-order valence-electron chi connectivity index (χ1n) is 8.54. The van der Waals surface area contributed by atoms with Gasteiger partial charge in [-0.15, -0.1) is 0 Å². The van der Waals surface area contributed by atoms with Crippen molar-refractivity contribution >= 4 is 94.3 Å². The van der Waals surface area contributed by atoms with E-state index >= 15 is 0 Å². The van der Waals surface area contributed by atoms with Crippen LogP contribution in [0.3, 0.4) is 0 Å². The van der Waals surface area contributed by atoms with Crippen molar-refractivity contribution in [1.29, 1.82) is 0 Å². The molecule has 0 atom stereocenters. The topological polar surface area (TPSA) is 183 Å². The Hall–Kier alpha value is -2.46. The summed E-state index contributed by atoms with van der Waals surface area (Å²) in [6.07, 6.45) is 0. The molecule has 0 spiro atoms. The molecule has 13 heteroatoms. The molecule has 0 amide bonds. The summed E-state index contributed by atoms with van der Waals surface area (Å²) in [5.74, 6) is 0. The smallest absolute Gasteiger partial charge is 0.870 e. The SMILES string of the molecule is O=c1c2ccc(Cl)cc2[nH]c2cc3c(=O)c4ccc(Cl)c(S(=O)(=O)[O-])c4[nH]c3cc12.[Al+3].[OH-].[OH-]. The van der Waals surface area contributed by atoms with Crippen LogP contribution in [0.5, 0.6) is 0 Å². The van der Waals surface area contributed by atoms with Gasteiger partial charge >= 0.3 is 17.4 Å². The van der Waals surface area contributed by atoms with Crippen LogP contribution in [0, 0.1) is 0 Å². The number of nitrogens with one attached hydrogen (secondary N) is 2. The third-order valence-electron chi connectivity index (χ3n) is 5.01. The third kappa shape index (κ3) is 4.14. The molecule has 0 radical (unpaired) electrons. The molecule has 33 heavy (non-hydrogen) atoms. The van der Waals surface area contributed by atoms with E-state index in [0.29, 0.717) is 21.4 Å². The average molecular weight is 521 g/mol. The Labute approximate surface area is 205 Å². The summed E-state index contributed by atoms with van der Waals surface area (Å²) in [7, 11) is -4.96. The van der Waals surface area contributed by atoms with Crippen molar-refractivity contribution in [2.24, 2.45) is 0 Å². The maximum Gasteiger partial charge on any atom is 3.00 e. The van der Waals surface area contributed by atoms with Gasteiger partial charge in [-0.05, 0) is 42.5 Å². The molecule has 4 N–H and O–H groups in total. The standard InChI is InChI=1S/C20H10Cl2N2O5S.Al.2H2O/c21-8-1-2-9-14(5-8)23-15-6-12-16(7-11(15)18(9)25)24-17-10(19(12)26)3-4-13(22)20(17)30(27,28)29;;;/h1-7H,(H,23,25)(H,24,26)(H,27,28,29);;2*1H2/q;+3;;/p-3. The number of hydrogen-bond donors (Lipinski definition) is 2. The van der Waals surface area contributed by atoms with Crippen molar-refractivity contribution < 1.29 is 23.9 Å². The Balaban J connectivity index is 0.00000128. The molecule has 5 aromatic rings. The van der Waals surface area contributed by atoms with E-state index in [9.17, 15) is 22.6 Å². The minimum atomic E-state index is -4.96. The van der Waals surface area contributed by atoms with Gasteiger partial charge in [-0.3, -0.25) is 9.59 Å². The maximum atomic E-state index is 13.1. The van der Waals surface area contributed by atoms with Crippen LogP contribution >= 0.6 is 23.2 Å². The van der Waals surface area contributed by atoms with E-state index in [1.807, 2.05) is 0 Å². The summed E-state index contributed by atoms with van der Waals surface area (Å²) in [6, 6.07) is 10.3. The van der Waals surface area contributed by atoms with Crippen LogP contribution in [-0.2, 0) is 10.1 Å². The normalized spacial score (nSPS) is 11.2. The molecular weight excluding hydrogens is 510 g/mol. The van der Waals surface area contributed by atoms with Gasteiger partial charge in [0.25, 0.3) is 0 Å². The Bertz CT molecular complexity index is 1800. The fourth-order valence-corrected chi connectivity index (χ4v) is 5.02. The third-order valence-corrected chi connectivity index (χ3v) is 6.59. The molecule has 0 aliphatic rings. The summed E-state index contributed by atoms with van der Waals surface area (Å²) in [5, 5.41) is 1.04. The van der Waals surface area contributed by atoms with E-state index in [1.165, 1.54) is 24.3 Å². The molecule has 5 rings (SSSR count). The number of hydrogen-bond acceptors (Lipinski definition) is 7. The Morgan fingerprint density at radius 1 is 0.727 bits per heavy atom. The largest absolute Gasteiger partial charge is 3.00 e. The number of aromatic amines is 2. The number of fused-ring (bicyclic) bond motifs is 4. The number of halogens is 2. The van der Waals surface area contributed by atoms with Crippen LogP contribution in [0.1, 0.15) is 0 Å². The average Bonchev–Trinajstić information content (AvgIpc) is 2.66. The first kappa shape index (κ1) is 26.8. The van der Waals surface area contributed by atoms with Crippen LogP contribution in [0.15, 0.2) is 56.9 Å². The van der Waals surface area contributed by atoms with Gasteiger partial charge in [0, 0.05) is 26.6 Å². The molecule has 0 bridgehead atoms. The second-order valence-corrected chi connectivity index (χ2v) is 8.95. The van der Waals surface area contributed by atoms with Crippen LogP contribution in [-0.4, -0.2) is 51.3 Å². The molecule has 0 aliphatic carbocycles. The van der Waals surface area contributed by atoms with Crippen LogP contribution in [0.25, 0.3) is 43.6 Å². The van der Waals surface area contributed by atoms with Gasteiger partial charge in [-0.2, -0.15) is 0 Å². The van der Waals surface area contributed by atoms with E-state index < -0.39 is 20.4 Å². The first-order chi connectivity index (χ1) is 14.1. The quantitative estimate of drug-likeness (QED) is 0.193. The van der Waals surface area contributed by atoms with E-state index in [2.05, 4.69) is 9.97 Å². The zero-order chi connectivity index (χ0) is 21.4. The van der Waals surface area contributed by atoms with Crippen LogP contribution in [0.4, 0.5) is 0 Å². The van der Waals surface area contributed by atoms with Gasteiger partial charge in [-0.25, -0.2) is 8.42 Å². The first-order valence-corrected chi connectivity index (χ1v) is 10.7. The van der Waals surface area contributed by atoms with E-state index in [0.717, 1.165) is 0 Å². The molecule has 0 saturated carbocycles. The van der Waals surface area contributed by atoms with Gasteiger partial charge in [-0.1, -0.05) is 23.2 Å². The van der Waals surface area contributed by atoms with Crippen molar-refractivity contribution in [2.75, 3.05) is 0 Å². The summed E-state index contributed by atoms with van der Waals surface area (Å²) in [4.78, 5) is 31.2. The predicted octanol–water partition coefficient (Wildman–Crippen LogP) is 3.15. The van der Waals surface area contributed by atoms with Crippen LogP contribution in [0.2, 0.25) is 10.0 Å². The molecule has 0 unspecified atom stereocenters. The summed E-state index contributed by atoms with van der Waals surface area (Å²) in [5.41, 5.74) is 0.139. The number of benzene rings is 3. The van der Waals surface area contributed by atoms with Crippen molar-refractivity contribution in [3.8, 4) is 0 Å². The number of pyridine rings is 2. The molecule has 3 aromatic carbocycles. The molecule has 9 nitrogen and oxygen atoms in total. The van der Waals surface area contributed by atoms with E-state index in [1.54, 1.807) is 18.2 Å². The molecule has 166 valence electrons. The van der Waals surface area contributed by atoms with E-state index in [4.69, 9.17) is 23.2 Å².